The molecule has 2 amide bonds. The first kappa shape index (κ1) is 11.6. The van der Waals surface area contributed by atoms with Crippen LogP contribution in [0.15, 0.2) is 16.7 Å². The lowest BCUT2D eigenvalue weighted by molar-refractivity contribution is -0.149. The van der Waals surface area contributed by atoms with Crippen molar-refractivity contribution in [1.29, 1.82) is 0 Å². The van der Waals surface area contributed by atoms with E-state index >= 15 is 0 Å². The first-order valence-electron chi connectivity index (χ1n) is 5.72. The van der Waals surface area contributed by atoms with Gasteiger partial charge in [0, 0.05) is 30.7 Å². The van der Waals surface area contributed by atoms with Gasteiger partial charge in [0.25, 0.3) is 0 Å². The van der Waals surface area contributed by atoms with Gasteiger partial charge in [-0.05, 0) is 34.0 Å². The van der Waals surface area contributed by atoms with Crippen molar-refractivity contribution in [3.8, 4) is 0 Å². The van der Waals surface area contributed by atoms with E-state index in [0.717, 1.165) is 10.0 Å². The molecule has 1 saturated heterocycles. The van der Waals surface area contributed by atoms with Crippen molar-refractivity contribution >= 4 is 33.6 Å². The van der Waals surface area contributed by atoms with E-state index in [4.69, 9.17) is 0 Å². The highest BCUT2D eigenvalue weighted by molar-refractivity contribution is 9.10. The SMILES string of the molecule is CC(=O)N1CC2(Cc3cc(Br)cnc3NC2=O)C1. The van der Waals surface area contributed by atoms with E-state index in [1.165, 1.54) is 6.92 Å². The molecule has 1 N–H and O–H groups in total. The largest absolute Gasteiger partial charge is 0.341 e. The van der Waals surface area contributed by atoms with Crippen molar-refractivity contribution in [2.75, 3.05) is 18.4 Å². The fourth-order valence-corrected chi connectivity index (χ4v) is 2.95. The number of fused-ring (bicyclic) bond motifs is 1. The molecule has 2 aliphatic rings. The van der Waals surface area contributed by atoms with E-state index < -0.39 is 5.41 Å². The van der Waals surface area contributed by atoms with Crippen LogP contribution >= 0.6 is 15.9 Å². The first-order valence-corrected chi connectivity index (χ1v) is 6.51. The smallest absolute Gasteiger partial charge is 0.235 e. The second-order valence-electron chi connectivity index (χ2n) is 4.95. The zero-order chi connectivity index (χ0) is 12.9. The molecular weight excluding hydrogens is 298 g/mol. The van der Waals surface area contributed by atoms with Gasteiger partial charge in [-0.1, -0.05) is 0 Å². The van der Waals surface area contributed by atoms with Gasteiger partial charge in [-0.25, -0.2) is 4.98 Å². The number of amides is 2. The van der Waals surface area contributed by atoms with Crippen molar-refractivity contribution in [1.82, 2.24) is 9.88 Å². The number of anilines is 1. The number of nitrogens with one attached hydrogen (secondary N) is 1. The summed E-state index contributed by atoms with van der Waals surface area (Å²) in [4.78, 5) is 29.2. The highest BCUT2D eigenvalue weighted by Gasteiger charge is 2.52. The predicted molar refractivity (Wildman–Crippen MR) is 69.0 cm³/mol. The number of rotatable bonds is 0. The summed E-state index contributed by atoms with van der Waals surface area (Å²) in [5, 5.41) is 2.83. The molecule has 3 rings (SSSR count). The van der Waals surface area contributed by atoms with Crippen LogP contribution in [0.2, 0.25) is 0 Å². The molecule has 3 heterocycles. The Morgan fingerprint density at radius 1 is 1.56 bits per heavy atom. The monoisotopic (exact) mass is 309 g/mol. The molecule has 1 aromatic rings. The van der Waals surface area contributed by atoms with Crippen molar-refractivity contribution in [2.24, 2.45) is 5.41 Å². The molecule has 0 aromatic carbocycles. The minimum atomic E-state index is -0.457. The van der Waals surface area contributed by atoms with Crippen LogP contribution in [0.25, 0.3) is 0 Å². The lowest BCUT2D eigenvalue weighted by Gasteiger charge is -2.50. The van der Waals surface area contributed by atoms with Crippen molar-refractivity contribution in [3.63, 3.8) is 0 Å². The third kappa shape index (κ3) is 1.63. The zero-order valence-corrected chi connectivity index (χ0v) is 11.5. The van der Waals surface area contributed by atoms with Crippen LogP contribution in [0.3, 0.4) is 0 Å². The molecule has 18 heavy (non-hydrogen) atoms. The van der Waals surface area contributed by atoms with E-state index in [2.05, 4.69) is 26.2 Å². The Hall–Kier alpha value is -1.43. The summed E-state index contributed by atoms with van der Waals surface area (Å²) < 4.78 is 0.898. The summed E-state index contributed by atoms with van der Waals surface area (Å²) in [6, 6.07) is 1.97. The Kier molecular flexibility index (Phi) is 2.45. The number of nitrogens with zero attached hydrogens (tertiary/aromatic N) is 2. The quantitative estimate of drug-likeness (QED) is 0.783. The second-order valence-corrected chi connectivity index (χ2v) is 5.86. The maximum atomic E-state index is 12.1. The number of carbonyl (C=O) groups excluding carboxylic acids is 2. The van der Waals surface area contributed by atoms with E-state index in [1.807, 2.05) is 6.07 Å². The lowest BCUT2D eigenvalue weighted by atomic mass is 9.72. The van der Waals surface area contributed by atoms with Crippen LogP contribution in [0.5, 0.6) is 0 Å². The van der Waals surface area contributed by atoms with Crippen LogP contribution in [0.4, 0.5) is 5.82 Å². The Labute approximate surface area is 113 Å². The van der Waals surface area contributed by atoms with Gasteiger partial charge >= 0.3 is 0 Å². The Balaban J connectivity index is 1.89. The number of hydrogen-bond acceptors (Lipinski definition) is 3. The first-order chi connectivity index (χ1) is 8.50. The number of pyridine rings is 1. The molecule has 5 nitrogen and oxygen atoms in total. The zero-order valence-electron chi connectivity index (χ0n) is 9.86. The minimum absolute atomic E-state index is 0.0200. The molecule has 0 atom stereocenters. The van der Waals surface area contributed by atoms with Gasteiger partial charge < -0.3 is 10.2 Å². The van der Waals surface area contributed by atoms with E-state index in [9.17, 15) is 9.59 Å². The van der Waals surface area contributed by atoms with Crippen molar-refractivity contribution < 1.29 is 9.59 Å². The van der Waals surface area contributed by atoms with Gasteiger partial charge in [-0.15, -0.1) is 0 Å². The second kappa shape index (κ2) is 3.78. The van der Waals surface area contributed by atoms with Crippen LogP contribution in [0.1, 0.15) is 12.5 Å². The molecule has 0 radical (unpaired) electrons. The number of hydrogen-bond donors (Lipinski definition) is 1. The molecule has 1 fully saturated rings. The number of carbonyl (C=O) groups is 2. The van der Waals surface area contributed by atoms with Crippen LogP contribution in [-0.4, -0.2) is 34.8 Å². The number of halogens is 1. The van der Waals surface area contributed by atoms with Crippen LogP contribution in [-0.2, 0) is 16.0 Å². The molecule has 1 aromatic heterocycles. The standard InChI is InChI=1S/C12H12BrN3O2/c1-7(17)16-5-12(6-16)3-8-2-9(13)4-14-10(8)15-11(12)18/h2,4H,3,5-6H2,1H3,(H,14,15,18). The van der Waals surface area contributed by atoms with E-state index in [0.29, 0.717) is 25.3 Å². The topological polar surface area (TPSA) is 62.3 Å². The molecule has 0 bridgehead atoms. The molecule has 94 valence electrons. The third-order valence-electron chi connectivity index (χ3n) is 3.61. The van der Waals surface area contributed by atoms with E-state index in [-0.39, 0.29) is 11.8 Å². The fraction of sp³-hybridized carbons (Fsp3) is 0.417. The Morgan fingerprint density at radius 3 is 2.94 bits per heavy atom. The lowest BCUT2D eigenvalue weighted by Crippen LogP contribution is -2.65. The van der Waals surface area contributed by atoms with Crippen molar-refractivity contribution in [3.05, 3.63) is 22.3 Å². The predicted octanol–water partition coefficient (Wildman–Crippen LogP) is 1.19. The molecular formula is C12H12BrN3O2. The van der Waals surface area contributed by atoms with E-state index in [1.54, 1.807) is 11.1 Å². The van der Waals surface area contributed by atoms with Crippen molar-refractivity contribution in [2.45, 2.75) is 13.3 Å². The summed E-state index contributed by atoms with van der Waals surface area (Å²) in [5.41, 5.74) is 0.563. The molecule has 1 spiro atoms. The third-order valence-corrected chi connectivity index (χ3v) is 4.04. The van der Waals surface area contributed by atoms with Crippen LogP contribution < -0.4 is 5.32 Å². The maximum Gasteiger partial charge on any atom is 0.235 e. The van der Waals surface area contributed by atoms with Gasteiger partial charge in [-0.2, -0.15) is 0 Å². The van der Waals surface area contributed by atoms with Gasteiger partial charge in [0.1, 0.15) is 5.82 Å². The number of aromatic nitrogens is 1. The Bertz CT molecular complexity index is 552. The normalized spacial score (nSPS) is 20.1. The highest BCUT2D eigenvalue weighted by Crippen LogP contribution is 2.40. The van der Waals surface area contributed by atoms with Gasteiger partial charge in [0.05, 0.1) is 5.41 Å². The summed E-state index contributed by atoms with van der Waals surface area (Å²) >= 11 is 3.38. The molecule has 0 saturated carbocycles. The Morgan fingerprint density at radius 2 is 2.28 bits per heavy atom. The highest BCUT2D eigenvalue weighted by atomic mass is 79.9. The summed E-state index contributed by atoms with van der Waals surface area (Å²) in [5.74, 6) is 0.629. The van der Waals surface area contributed by atoms with Gasteiger partial charge in [0.2, 0.25) is 11.8 Å². The average molecular weight is 310 g/mol. The minimum Gasteiger partial charge on any atom is -0.341 e. The molecule has 2 aliphatic heterocycles. The average Bonchev–Trinajstić information content (AvgIpc) is 2.25. The fourth-order valence-electron chi connectivity index (χ4n) is 2.58. The molecule has 6 heteroatoms. The van der Waals surface area contributed by atoms with Crippen LogP contribution in [0, 0.1) is 5.41 Å². The van der Waals surface area contributed by atoms with Gasteiger partial charge in [0.15, 0.2) is 0 Å². The summed E-state index contributed by atoms with van der Waals surface area (Å²) in [6.07, 6.45) is 2.31. The summed E-state index contributed by atoms with van der Waals surface area (Å²) in [7, 11) is 0. The number of likely N-dealkylation sites (tertiary alicyclic amines) is 1. The molecule has 0 unspecified atom stereocenters. The summed E-state index contributed by atoms with van der Waals surface area (Å²) in [6.45, 7) is 2.53. The van der Waals surface area contributed by atoms with Gasteiger partial charge in [-0.3, -0.25) is 9.59 Å². The molecule has 0 aliphatic carbocycles. The maximum absolute atomic E-state index is 12.1.